The SMILES string of the molecule is Cc1cc(Cl)ccc1NC(=O)CC(C(=O)[O-])C1CCCCC1.[Na+]. The molecule has 23 heavy (non-hydrogen) atoms. The third kappa shape index (κ3) is 6.11. The number of rotatable bonds is 5. The van der Waals surface area contributed by atoms with E-state index in [1.807, 2.05) is 6.92 Å². The van der Waals surface area contributed by atoms with Crippen LogP contribution in [-0.2, 0) is 9.59 Å². The first-order valence-electron chi connectivity index (χ1n) is 7.74. The van der Waals surface area contributed by atoms with Gasteiger partial charge in [-0.2, -0.15) is 0 Å². The monoisotopic (exact) mass is 345 g/mol. The Hall–Kier alpha value is -0.550. The van der Waals surface area contributed by atoms with Crippen LogP contribution >= 0.6 is 11.6 Å². The summed E-state index contributed by atoms with van der Waals surface area (Å²) in [5.74, 6) is -2.05. The number of carboxylic acid groups (broad SMARTS) is 1. The maximum Gasteiger partial charge on any atom is 1.00 e. The molecule has 1 amide bonds. The zero-order valence-electron chi connectivity index (χ0n) is 13.7. The Morgan fingerprint density at radius 3 is 2.52 bits per heavy atom. The van der Waals surface area contributed by atoms with Crippen molar-refractivity contribution in [3.05, 3.63) is 28.8 Å². The molecule has 1 saturated carbocycles. The van der Waals surface area contributed by atoms with Gasteiger partial charge in [0.2, 0.25) is 5.91 Å². The largest absolute Gasteiger partial charge is 1.00 e. The Bertz CT molecular complexity index is 559. The summed E-state index contributed by atoms with van der Waals surface area (Å²) in [5, 5.41) is 14.8. The molecule has 6 heteroatoms. The van der Waals surface area contributed by atoms with Gasteiger partial charge in [-0.3, -0.25) is 4.79 Å². The zero-order valence-corrected chi connectivity index (χ0v) is 16.5. The van der Waals surface area contributed by atoms with Gasteiger partial charge in [-0.05, 0) is 49.4 Å². The van der Waals surface area contributed by atoms with Crippen LogP contribution < -0.4 is 40.0 Å². The summed E-state index contributed by atoms with van der Waals surface area (Å²) in [5.41, 5.74) is 1.51. The molecule has 0 radical (unpaired) electrons. The van der Waals surface area contributed by atoms with Crippen LogP contribution in [0.15, 0.2) is 18.2 Å². The number of hydrogen-bond acceptors (Lipinski definition) is 3. The van der Waals surface area contributed by atoms with Gasteiger partial charge >= 0.3 is 29.6 Å². The fourth-order valence-corrected chi connectivity index (χ4v) is 3.37. The van der Waals surface area contributed by atoms with Crippen LogP contribution in [0.3, 0.4) is 0 Å². The second-order valence-corrected chi connectivity index (χ2v) is 6.47. The van der Waals surface area contributed by atoms with E-state index in [0.717, 1.165) is 37.7 Å². The Balaban J connectivity index is 0.00000264. The standard InChI is InChI=1S/C17H22ClNO3.Na/c1-11-9-13(18)7-8-15(11)19-16(20)10-14(17(21)22)12-5-3-2-4-6-12;/h7-9,12,14H,2-6,10H2,1H3,(H,19,20)(H,21,22);/q;+1/p-1. The van der Waals surface area contributed by atoms with Gasteiger partial charge in [0.15, 0.2) is 0 Å². The van der Waals surface area contributed by atoms with E-state index in [9.17, 15) is 14.7 Å². The number of nitrogens with one attached hydrogen (secondary N) is 1. The van der Waals surface area contributed by atoms with E-state index < -0.39 is 11.9 Å². The molecule has 0 aromatic heterocycles. The first kappa shape index (κ1) is 20.5. The second kappa shape index (κ2) is 9.67. The maximum absolute atomic E-state index is 12.2. The molecule has 1 aliphatic carbocycles. The maximum atomic E-state index is 12.2. The van der Waals surface area contributed by atoms with Gasteiger partial charge in [-0.1, -0.05) is 30.9 Å². The van der Waals surface area contributed by atoms with E-state index in [1.54, 1.807) is 18.2 Å². The van der Waals surface area contributed by atoms with E-state index in [1.165, 1.54) is 0 Å². The smallest absolute Gasteiger partial charge is 0.550 e. The van der Waals surface area contributed by atoms with Gasteiger partial charge in [0, 0.05) is 29.0 Å². The molecule has 0 saturated heterocycles. The number of carboxylic acids is 1. The van der Waals surface area contributed by atoms with Gasteiger partial charge in [0.05, 0.1) is 0 Å². The van der Waals surface area contributed by atoms with Crippen LogP contribution in [0.2, 0.25) is 5.02 Å². The van der Waals surface area contributed by atoms with Crippen LogP contribution in [0.1, 0.15) is 44.1 Å². The van der Waals surface area contributed by atoms with E-state index in [0.29, 0.717) is 10.7 Å². The fourth-order valence-electron chi connectivity index (χ4n) is 3.15. The van der Waals surface area contributed by atoms with Crippen molar-refractivity contribution in [2.45, 2.75) is 45.4 Å². The normalized spacial score (nSPS) is 16.3. The average molecular weight is 346 g/mol. The van der Waals surface area contributed by atoms with Gasteiger partial charge in [-0.25, -0.2) is 0 Å². The van der Waals surface area contributed by atoms with Crippen molar-refractivity contribution in [3.63, 3.8) is 0 Å². The average Bonchev–Trinajstić information content (AvgIpc) is 2.48. The number of carbonyl (C=O) groups is 2. The van der Waals surface area contributed by atoms with Gasteiger partial charge < -0.3 is 15.2 Å². The number of aryl methyl sites for hydroxylation is 1. The molecule has 120 valence electrons. The zero-order chi connectivity index (χ0) is 16.1. The van der Waals surface area contributed by atoms with Crippen molar-refractivity contribution in [1.29, 1.82) is 0 Å². The molecule has 0 aliphatic heterocycles. The molecule has 1 unspecified atom stereocenters. The molecule has 1 aliphatic rings. The Kier molecular flexibility index (Phi) is 8.62. The number of benzene rings is 1. The number of carbonyl (C=O) groups excluding carboxylic acids is 2. The molecule has 0 heterocycles. The molecular formula is C17H21ClNNaO3. The number of halogens is 1. The van der Waals surface area contributed by atoms with E-state index in [2.05, 4.69) is 5.32 Å². The van der Waals surface area contributed by atoms with Crippen molar-refractivity contribution in [3.8, 4) is 0 Å². The van der Waals surface area contributed by atoms with E-state index in [4.69, 9.17) is 11.6 Å². The van der Waals surface area contributed by atoms with Crippen LogP contribution in [0.5, 0.6) is 0 Å². The molecule has 0 bridgehead atoms. The first-order valence-corrected chi connectivity index (χ1v) is 8.12. The van der Waals surface area contributed by atoms with Crippen LogP contribution in [0.25, 0.3) is 0 Å². The Morgan fingerprint density at radius 1 is 1.30 bits per heavy atom. The summed E-state index contributed by atoms with van der Waals surface area (Å²) in [6.45, 7) is 1.85. The summed E-state index contributed by atoms with van der Waals surface area (Å²) in [6.07, 6.45) is 4.91. The summed E-state index contributed by atoms with van der Waals surface area (Å²) in [7, 11) is 0. The first-order chi connectivity index (χ1) is 10.5. The van der Waals surface area contributed by atoms with Crippen LogP contribution in [-0.4, -0.2) is 11.9 Å². The molecule has 4 nitrogen and oxygen atoms in total. The van der Waals surface area contributed by atoms with Crippen LogP contribution in [0.4, 0.5) is 5.69 Å². The van der Waals surface area contributed by atoms with Crippen LogP contribution in [0, 0.1) is 18.8 Å². The number of amides is 1. The Labute approximate surface area is 164 Å². The second-order valence-electron chi connectivity index (χ2n) is 6.04. The van der Waals surface area contributed by atoms with Crippen molar-refractivity contribution in [1.82, 2.24) is 0 Å². The number of aliphatic carboxylic acids is 1. The molecule has 1 atom stereocenters. The van der Waals surface area contributed by atoms with Gasteiger partial charge in [0.1, 0.15) is 0 Å². The third-order valence-corrected chi connectivity index (χ3v) is 4.62. The predicted molar refractivity (Wildman–Crippen MR) is 84.5 cm³/mol. The molecule has 1 fully saturated rings. The Morgan fingerprint density at radius 2 is 1.96 bits per heavy atom. The minimum absolute atomic E-state index is 0. The predicted octanol–water partition coefficient (Wildman–Crippen LogP) is -0.0726. The minimum atomic E-state index is -1.12. The van der Waals surface area contributed by atoms with Gasteiger partial charge in [0.25, 0.3) is 0 Å². The van der Waals surface area contributed by atoms with E-state index in [-0.39, 0.29) is 47.8 Å². The van der Waals surface area contributed by atoms with Crippen molar-refractivity contribution < 1.29 is 44.3 Å². The molecule has 2 rings (SSSR count). The van der Waals surface area contributed by atoms with Crippen molar-refractivity contribution in [2.75, 3.05) is 5.32 Å². The molecule has 1 N–H and O–H groups in total. The van der Waals surface area contributed by atoms with E-state index >= 15 is 0 Å². The third-order valence-electron chi connectivity index (χ3n) is 4.39. The molecule has 1 aromatic carbocycles. The molecular weight excluding hydrogens is 325 g/mol. The summed E-state index contributed by atoms with van der Waals surface area (Å²) >= 11 is 5.88. The molecule has 1 aromatic rings. The summed E-state index contributed by atoms with van der Waals surface area (Å²) in [4.78, 5) is 23.6. The number of anilines is 1. The summed E-state index contributed by atoms with van der Waals surface area (Å²) < 4.78 is 0. The van der Waals surface area contributed by atoms with Gasteiger partial charge in [-0.15, -0.1) is 0 Å². The fraction of sp³-hybridized carbons (Fsp3) is 0.529. The molecule has 0 spiro atoms. The van der Waals surface area contributed by atoms with Crippen molar-refractivity contribution >= 4 is 29.2 Å². The number of hydrogen-bond donors (Lipinski definition) is 1. The quantitative estimate of drug-likeness (QED) is 0.759. The topological polar surface area (TPSA) is 69.2 Å². The van der Waals surface area contributed by atoms with Crippen molar-refractivity contribution in [2.24, 2.45) is 11.8 Å². The minimum Gasteiger partial charge on any atom is -0.550 e. The summed E-state index contributed by atoms with van der Waals surface area (Å²) in [6, 6.07) is 5.18.